The van der Waals surface area contributed by atoms with Crippen LogP contribution in [0.3, 0.4) is 0 Å². The Hall–Kier alpha value is -1.51. The van der Waals surface area contributed by atoms with Gasteiger partial charge in [0.05, 0.1) is 0 Å². The first-order valence-electron chi connectivity index (χ1n) is 6.33. The molecule has 2 rings (SSSR count). The number of nitrogens with one attached hydrogen (secondary N) is 1. The van der Waals surface area contributed by atoms with Crippen LogP contribution in [0, 0.1) is 0 Å². The first-order chi connectivity index (χ1) is 8.29. The van der Waals surface area contributed by atoms with Gasteiger partial charge in [-0.15, -0.1) is 0 Å². The lowest BCUT2D eigenvalue weighted by atomic mass is 10.1. The van der Waals surface area contributed by atoms with Gasteiger partial charge in [0, 0.05) is 6.54 Å². The lowest BCUT2D eigenvalue weighted by Crippen LogP contribution is -2.36. The number of rotatable bonds is 3. The van der Waals surface area contributed by atoms with Crippen molar-refractivity contribution in [3.63, 3.8) is 0 Å². The lowest BCUT2D eigenvalue weighted by Gasteiger charge is -2.15. The van der Waals surface area contributed by atoms with Gasteiger partial charge in [0.1, 0.15) is 5.75 Å². The predicted molar refractivity (Wildman–Crippen MR) is 67.1 cm³/mol. The van der Waals surface area contributed by atoms with Gasteiger partial charge in [0.15, 0.2) is 6.10 Å². The number of hydrogen-bond donors (Lipinski definition) is 1. The second-order valence-corrected chi connectivity index (χ2v) is 4.39. The Morgan fingerprint density at radius 3 is 2.76 bits per heavy atom. The molecule has 92 valence electrons. The summed E-state index contributed by atoms with van der Waals surface area (Å²) in [5.74, 6) is 0.798. The van der Waals surface area contributed by atoms with Crippen LogP contribution in [0.15, 0.2) is 24.3 Å². The average molecular weight is 233 g/mol. The molecule has 1 aliphatic rings. The quantitative estimate of drug-likeness (QED) is 0.870. The lowest BCUT2D eigenvalue weighted by molar-refractivity contribution is -0.127. The van der Waals surface area contributed by atoms with E-state index in [2.05, 4.69) is 12.2 Å². The zero-order chi connectivity index (χ0) is 12.1. The van der Waals surface area contributed by atoms with E-state index in [0.29, 0.717) is 0 Å². The molecule has 0 bridgehead atoms. The Balaban J connectivity index is 2.00. The highest BCUT2D eigenvalue weighted by atomic mass is 16.5. The topological polar surface area (TPSA) is 38.3 Å². The minimum absolute atomic E-state index is 0.0158. The fourth-order valence-electron chi connectivity index (χ4n) is 1.99. The van der Waals surface area contributed by atoms with Crippen LogP contribution in [0.1, 0.15) is 31.7 Å². The van der Waals surface area contributed by atoms with Crippen molar-refractivity contribution in [3.05, 3.63) is 29.8 Å². The third kappa shape index (κ3) is 3.22. The van der Waals surface area contributed by atoms with E-state index in [1.165, 1.54) is 5.56 Å². The molecule has 0 aromatic heterocycles. The predicted octanol–water partition coefficient (Wildman–Crippen LogP) is 2.30. The highest BCUT2D eigenvalue weighted by molar-refractivity contribution is 5.81. The monoisotopic (exact) mass is 233 g/mol. The van der Waals surface area contributed by atoms with Crippen molar-refractivity contribution in [3.8, 4) is 5.75 Å². The van der Waals surface area contributed by atoms with E-state index >= 15 is 0 Å². The first-order valence-corrected chi connectivity index (χ1v) is 6.33. The summed E-state index contributed by atoms with van der Waals surface area (Å²) in [7, 11) is 0. The second-order valence-electron chi connectivity index (χ2n) is 4.39. The molecule has 1 fully saturated rings. The van der Waals surface area contributed by atoms with Crippen molar-refractivity contribution in [1.82, 2.24) is 5.32 Å². The Morgan fingerprint density at radius 2 is 2.06 bits per heavy atom. The van der Waals surface area contributed by atoms with Crippen LogP contribution >= 0.6 is 0 Å². The van der Waals surface area contributed by atoms with E-state index in [0.717, 1.165) is 38.0 Å². The molecule has 1 amide bonds. The van der Waals surface area contributed by atoms with Crippen molar-refractivity contribution in [2.45, 2.75) is 38.7 Å². The zero-order valence-electron chi connectivity index (χ0n) is 10.2. The van der Waals surface area contributed by atoms with E-state index in [1.807, 2.05) is 24.3 Å². The fraction of sp³-hybridized carbons (Fsp3) is 0.500. The number of carbonyl (C=O) groups is 1. The largest absolute Gasteiger partial charge is 0.481 e. The molecule has 0 saturated carbocycles. The summed E-state index contributed by atoms with van der Waals surface area (Å²) >= 11 is 0. The number of benzene rings is 1. The van der Waals surface area contributed by atoms with Crippen molar-refractivity contribution in [2.75, 3.05) is 6.54 Å². The Morgan fingerprint density at radius 1 is 1.29 bits per heavy atom. The average Bonchev–Trinajstić information content (AvgIpc) is 2.56. The molecule has 3 nitrogen and oxygen atoms in total. The standard InChI is InChI=1S/C14H19NO2/c1-2-11-6-8-12(9-7-11)17-13-5-3-4-10-15-14(13)16/h6-9,13H,2-5,10H2,1H3,(H,15,16). The number of amides is 1. The van der Waals surface area contributed by atoms with Crippen LogP contribution in [0.2, 0.25) is 0 Å². The Bertz CT molecular complexity index is 372. The van der Waals surface area contributed by atoms with Gasteiger partial charge in [-0.1, -0.05) is 19.1 Å². The molecule has 0 radical (unpaired) electrons. The molecule has 1 atom stereocenters. The van der Waals surface area contributed by atoms with E-state index in [-0.39, 0.29) is 12.0 Å². The molecule has 1 heterocycles. The maximum atomic E-state index is 11.7. The molecule has 1 N–H and O–H groups in total. The molecule has 1 aromatic carbocycles. The summed E-state index contributed by atoms with van der Waals surface area (Å²) in [5.41, 5.74) is 1.28. The SMILES string of the molecule is CCc1ccc(OC2CCCCNC2=O)cc1. The van der Waals surface area contributed by atoms with Gasteiger partial charge in [-0.05, 0) is 43.4 Å². The van der Waals surface area contributed by atoms with Gasteiger partial charge in [-0.2, -0.15) is 0 Å². The summed E-state index contributed by atoms with van der Waals surface area (Å²) in [5, 5.41) is 2.87. The number of aryl methyl sites for hydroxylation is 1. The van der Waals surface area contributed by atoms with Crippen molar-refractivity contribution in [1.29, 1.82) is 0 Å². The maximum absolute atomic E-state index is 11.7. The van der Waals surface area contributed by atoms with E-state index in [1.54, 1.807) is 0 Å². The van der Waals surface area contributed by atoms with E-state index in [4.69, 9.17) is 4.74 Å². The van der Waals surface area contributed by atoms with Crippen LogP contribution in [0.5, 0.6) is 5.75 Å². The number of hydrogen-bond acceptors (Lipinski definition) is 2. The van der Waals surface area contributed by atoms with E-state index < -0.39 is 0 Å². The molecule has 0 aliphatic carbocycles. The van der Waals surface area contributed by atoms with E-state index in [9.17, 15) is 4.79 Å². The molecule has 17 heavy (non-hydrogen) atoms. The van der Waals surface area contributed by atoms with Crippen LogP contribution in [0.25, 0.3) is 0 Å². The minimum Gasteiger partial charge on any atom is -0.481 e. The third-order valence-electron chi connectivity index (χ3n) is 3.09. The van der Waals surface area contributed by atoms with Crippen molar-refractivity contribution < 1.29 is 9.53 Å². The first kappa shape index (κ1) is 12.0. The summed E-state index contributed by atoms with van der Waals surface area (Å²) in [6.07, 6.45) is 3.58. The Labute approximate surface area is 102 Å². The minimum atomic E-state index is -0.329. The van der Waals surface area contributed by atoms with Crippen LogP contribution < -0.4 is 10.1 Å². The molecule has 3 heteroatoms. The van der Waals surface area contributed by atoms with Crippen LogP contribution in [-0.2, 0) is 11.2 Å². The molecule has 1 saturated heterocycles. The fourth-order valence-corrected chi connectivity index (χ4v) is 1.99. The molecule has 1 aromatic rings. The highest BCUT2D eigenvalue weighted by Gasteiger charge is 2.21. The summed E-state index contributed by atoms with van der Waals surface area (Å²) < 4.78 is 5.74. The van der Waals surface area contributed by atoms with Gasteiger partial charge in [-0.3, -0.25) is 4.79 Å². The van der Waals surface area contributed by atoms with Crippen LogP contribution in [0.4, 0.5) is 0 Å². The van der Waals surface area contributed by atoms with Gasteiger partial charge in [0.25, 0.3) is 5.91 Å². The molecule has 0 spiro atoms. The summed E-state index contributed by atoms with van der Waals surface area (Å²) in [6, 6.07) is 7.97. The molecule has 1 aliphatic heterocycles. The second kappa shape index (κ2) is 5.71. The normalized spacial score (nSPS) is 20.5. The highest BCUT2D eigenvalue weighted by Crippen LogP contribution is 2.17. The van der Waals surface area contributed by atoms with Gasteiger partial charge >= 0.3 is 0 Å². The van der Waals surface area contributed by atoms with Crippen molar-refractivity contribution in [2.24, 2.45) is 0 Å². The zero-order valence-corrected chi connectivity index (χ0v) is 10.2. The van der Waals surface area contributed by atoms with Gasteiger partial charge in [0.2, 0.25) is 0 Å². The van der Waals surface area contributed by atoms with Gasteiger partial charge < -0.3 is 10.1 Å². The van der Waals surface area contributed by atoms with Gasteiger partial charge in [-0.25, -0.2) is 0 Å². The molecular formula is C14H19NO2. The van der Waals surface area contributed by atoms with Crippen LogP contribution in [-0.4, -0.2) is 18.6 Å². The van der Waals surface area contributed by atoms with Crippen molar-refractivity contribution >= 4 is 5.91 Å². The third-order valence-corrected chi connectivity index (χ3v) is 3.09. The maximum Gasteiger partial charge on any atom is 0.261 e. The number of ether oxygens (including phenoxy) is 1. The summed E-state index contributed by atoms with van der Waals surface area (Å²) in [6.45, 7) is 2.89. The smallest absolute Gasteiger partial charge is 0.261 e. The molecule has 1 unspecified atom stereocenters. The number of carbonyl (C=O) groups excluding carboxylic acids is 1. The Kier molecular flexibility index (Phi) is 4.02. The summed E-state index contributed by atoms with van der Waals surface area (Å²) in [4.78, 5) is 11.7. The molecular weight excluding hydrogens is 214 g/mol.